The zero-order valence-corrected chi connectivity index (χ0v) is 11.0. The summed E-state index contributed by atoms with van der Waals surface area (Å²) in [4.78, 5) is 18.7. The van der Waals surface area contributed by atoms with Crippen LogP contribution in [0.3, 0.4) is 0 Å². The first kappa shape index (κ1) is 14.9. The topological polar surface area (TPSA) is 78.0 Å². The Morgan fingerprint density at radius 2 is 2.14 bits per heavy atom. The SMILES string of the molecule is CCC(NC(=O)c1cc(F)c(F)c(O)c1F)c1ncc[nH]1. The average molecular weight is 299 g/mol. The third-order valence-electron chi connectivity index (χ3n) is 2.94. The molecular weight excluding hydrogens is 287 g/mol. The first-order valence-electron chi connectivity index (χ1n) is 6.12. The summed E-state index contributed by atoms with van der Waals surface area (Å²) in [6.45, 7) is 1.76. The number of rotatable bonds is 4. The van der Waals surface area contributed by atoms with Crippen LogP contribution < -0.4 is 5.32 Å². The lowest BCUT2D eigenvalue weighted by Gasteiger charge is -2.15. The number of aromatic amines is 1. The number of imidazole rings is 1. The van der Waals surface area contributed by atoms with Gasteiger partial charge in [0.1, 0.15) is 5.82 Å². The molecule has 0 saturated carbocycles. The molecule has 1 atom stereocenters. The first-order chi connectivity index (χ1) is 9.95. The predicted molar refractivity (Wildman–Crippen MR) is 67.1 cm³/mol. The van der Waals surface area contributed by atoms with Crippen molar-refractivity contribution < 1.29 is 23.1 Å². The highest BCUT2D eigenvalue weighted by atomic mass is 19.2. The highest BCUT2D eigenvalue weighted by Crippen LogP contribution is 2.26. The number of halogens is 3. The van der Waals surface area contributed by atoms with Crippen molar-refractivity contribution in [2.45, 2.75) is 19.4 Å². The Morgan fingerprint density at radius 1 is 1.43 bits per heavy atom. The molecule has 0 saturated heterocycles. The zero-order chi connectivity index (χ0) is 15.6. The minimum Gasteiger partial charge on any atom is -0.503 e. The van der Waals surface area contributed by atoms with Gasteiger partial charge in [-0.15, -0.1) is 0 Å². The highest BCUT2D eigenvalue weighted by Gasteiger charge is 2.24. The Bertz CT molecular complexity index is 659. The first-order valence-corrected chi connectivity index (χ1v) is 6.12. The zero-order valence-electron chi connectivity index (χ0n) is 11.0. The molecule has 0 bridgehead atoms. The lowest BCUT2D eigenvalue weighted by atomic mass is 10.1. The van der Waals surface area contributed by atoms with E-state index in [0.29, 0.717) is 18.3 Å². The van der Waals surface area contributed by atoms with E-state index in [9.17, 15) is 18.0 Å². The lowest BCUT2D eigenvalue weighted by Crippen LogP contribution is -2.29. The largest absolute Gasteiger partial charge is 0.503 e. The maximum absolute atomic E-state index is 13.6. The molecule has 0 aliphatic rings. The molecule has 0 aliphatic heterocycles. The Kier molecular flexibility index (Phi) is 4.15. The van der Waals surface area contributed by atoms with Gasteiger partial charge in [-0.25, -0.2) is 13.8 Å². The molecule has 2 rings (SSSR count). The summed E-state index contributed by atoms with van der Waals surface area (Å²) in [6.07, 6.45) is 3.47. The van der Waals surface area contributed by atoms with Crippen molar-refractivity contribution >= 4 is 5.91 Å². The number of nitrogens with zero attached hydrogens (tertiary/aromatic N) is 1. The van der Waals surface area contributed by atoms with Gasteiger partial charge in [-0.1, -0.05) is 6.92 Å². The fraction of sp³-hybridized carbons (Fsp3) is 0.231. The normalized spacial score (nSPS) is 12.2. The van der Waals surface area contributed by atoms with Gasteiger partial charge in [0, 0.05) is 12.4 Å². The van der Waals surface area contributed by atoms with Gasteiger partial charge in [0.15, 0.2) is 17.4 Å². The van der Waals surface area contributed by atoms with Crippen LogP contribution >= 0.6 is 0 Å². The number of nitrogens with one attached hydrogen (secondary N) is 2. The molecule has 0 spiro atoms. The Labute approximate surface area is 117 Å². The maximum atomic E-state index is 13.6. The number of carbonyl (C=O) groups excluding carboxylic acids is 1. The van der Waals surface area contributed by atoms with Crippen LogP contribution in [0.5, 0.6) is 5.75 Å². The van der Waals surface area contributed by atoms with Crippen molar-refractivity contribution in [3.63, 3.8) is 0 Å². The highest BCUT2D eigenvalue weighted by molar-refractivity contribution is 5.95. The van der Waals surface area contributed by atoms with Gasteiger partial charge in [-0.2, -0.15) is 4.39 Å². The number of amides is 1. The van der Waals surface area contributed by atoms with Gasteiger partial charge in [-0.3, -0.25) is 4.79 Å². The van der Waals surface area contributed by atoms with Crippen LogP contribution in [0.15, 0.2) is 18.5 Å². The van der Waals surface area contributed by atoms with E-state index < -0.39 is 40.7 Å². The number of aromatic hydroxyl groups is 1. The van der Waals surface area contributed by atoms with Crippen LogP contribution in [0.2, 0.25) is 0 Å². The van der Waals surface area contributed by atoms with Gasteiger partial charge < -0.3 is 15.4 Å². The number of phenols is 1. The fourth-order valence-electron chi connectivity index (χ4n) is 1.82. The van der Waals surface area contributed by atoms with E-state index in [1.807, 2.05) is 0 Å². The summed E-state index contributed by atoms with van der Waals surface area (Å²) in [5, 5.41) is 11.5. The van der Waals surface area contributed by atoms with Crippen LogP contribution in [0.4, 0.5) is 13.2 Å². The molecule has 1 aromatic carbocycles. The quantitative estimate of drug-likeness (QED) is 0.759. The second kappa shape index (κ2) is 5.86. The smallest absolute Gasteiger partial charge is 0.255 e. The Morgan fingerprint density at radius 3 is 2.71 bits per heavy atom. The minimum absolute atomic E-state index is 0.397. The summed E-state index contributed by atoms with van der Waals surface area (Å²) in [5.74, 6) is -6.82. The molecule has 2 aromatic rings. The molecule has 8 heteroatoms. The molecule has 21 heavy (non-hydrogen) atoms. The number of carbonyl (C=O) groups is 1. The summed E-state index contributed by atoms with van der Waals surface area (Å²) >= 11 is 0. The number of hydrogen-bond acceptors (Lipinski definition) is 3. The second-order valence-electron chi connectivity index (χ2n) is 4.29. The molecule has 1 unspecified atom stereocenters. The molecule has 1 heterocycles. The second-order valence-corrected chi connectivity index (χ2v) is 4.29. The van der Waals surface area contributed by atoms with Crippen molar-refractivity contribution in [1.29, 1.82) is 0 Å². The maximum Gasteiger partial charge on any atom is 0.255 e. The molecule has 0 radical (unpaired) electrons. The van der Waals surface area contributed by atoms with Crippen molar-refractivity contribution in [2.24, 2.45) is 0 Å². The fourth-order valence-corrected chi connectivity index (χ4v) is 1.82. The van der Waals surface area contributed by atoms with E-state index in [4.69, 9.17) is 5.11 Å². The van der Waals surface area contributed by atoms with E-state index >= 15 is 0 Å². The van der Waals surface area contributed by atoms with Crippen LogP contribution in [0.25, 0.3) is 0 Å². The summed E-state index contributed by atoms with van der Waals surface area (Å²) in [6, 6.07) is -0.156. The molecule has 1 amide bonds. The van der Waals surface area contributed by atoms with Gasteiger partial charge in [-0.05, 0) is 12.5 Å². The van der Waals surface area contributed by atoms with Gasteiger partial charge in [0.05, 0.1) is 11.6 Å². The monoisotopic (exact) mass is 299 g/mol. The number of benzene rings is 1. The molecule has 5 nitrogen and oxygen atoms in total. The summed E-state index contributed by atoms with van der Waals surface area (Å²) in [7, 11) is 0. The number of phenolic OH excluding ortho intramolecular Hbond substituents is 1. The van der Waals surface area contributed by atoms with Crippen molar-refractivity contribution in [3.05, 3.63) is 47.3 Å². The van der Waals surface area contributed by atoms with Gasteiger partial charge in [0.2, 0.25) is 5.82 Å². The molecule has 1 aromatic heterocycles. The van der Waals surface area contributed by atoms with E-state index in [1.54, 1.807) is 13.1 Å². The van der Waals surface area contributed by atoms with E-state index in [0.717, 1.165) is 0 Å². The van der Waals surface area contributed by atoms with Crippen LogP contribution in [-0.2, 0) is 0 Å². The van der Waals surface area contributed by atoms with Crippen LogP contribution in [-0.4, -0.2) is 21.0 Å². The van der Waals surface area contributed by atoms with Crippen molar-refractivity contribution in [1.82, 2.24) is 15.3 Å². The summed E-state index contributed by atoms with van der Waals surface area (Å²) in [5.41, 5.74) is -0.781. The molecule has 0 fully saturated rings. The third-order valence-corrected chi connectivity index (χ3v) is 2.94. The average Bonchev–Trinajstić information content (AvgIpc) is 3.00. The molecule has 0 aliphatic carbocycles. The summed E-state index contributed by atoms with van der Waals surface area (Å²) < 4.78 is 39.8. The van der Waals surface area contributed by atoms with Crippen molar-refractivity contribution in [2.75, 3.05) is 0 Å². The third kappa shape index (κ3) is 2.83. The molecule has 3 N–H and O–H groups in total. The Balaban J connectivity index is 2.29. The minimum atomic E-state index is -1.73. The van der Waals surface area contributed by atoms with E-state index in [2.05, 4.69) is 15.3 Å². The predicted octanol–water partition coefficient (Wildman–Crippen LogP) is 2.41. The Hall–Kier alpha value is -2.51. The van der Waals surface area contributed by atoms with Gasteiger partial charge >= 0.3 is 0 Å². The lowest BCUT2D eigenvalue weighted by molar-refractivity contribution is 0.0928. The van der Waals surface area contributed by atoms with Crippen molar-refractivity contribution in [3.8, 4) is 5.75 Å². The van der Waals surface area contributed by atoms with Gasteiger partial charge in [0.25, 0.3) is 5.91 Å². The number of hydrogen-bond donors (Lipinski definition) is 3. The van der Waals surface area contributed by atoms with Crippen LogP contribution in [0, 0.1) is 17.5 Å². The number of H-pyrrole nitrogens is 1. The van der Waals surface area contributed by atoms with E-state index in [1.165, 1.54) is 6.20 Å². The number of aromatic nitrogens is 2. The standard InChI is InChI=1S/C13H12F3N3O2/c1-2-8(12-17-3-4-18-12)19-13(21)6-5-7(14)10(16)11(20)9(6)15/h3-5,8,20H,2H2,1H3,(H,17,18)(H,19,21). The van der Waals surface area contributed by atoms with Crippen LogP contribution in [0.1, 0.15) is 35.6 Å². The molecular formula is C13H12F3N3O2. The molecule has 112 valence electrons. The van der Waals surface area contributed by atoms with E-state index in [-0.39, 0.29) is 0 Å².